The number of hydrogen-bond acceptors (Lipinski definition) is 1. The highest BCUT2D eigenvalue weighted by molar-refractivity contribution is 9.10. The van der Waals surface area contributed by atoms with Crippen LogP contribution in [0.2, 0.25) is 0 Å². The number of aromatic amines is 1. The van der Waals surface area contributed by atoms with Gasteiger partial charge in [-0.3, -0.25) is 0 Å². The summed E-state index contributed by atoms with van der Waals surface area (Å²) in [5, 5.41) is 1.22. The SMILES string of the molecule is CC[C@@H](N)c1c[nH]c2ccc(Br)cc12. The predicted octanol–water partition coefficient (Wildman–Crippen LogP) is 3.34. The highest BCUT2D eigenvalue weighted by Gasteiger charge is 2.09. The van der Waals surface area contributed by atoms with Gasteiger partial charge >= 0.3 is 0 Å². The summed E-state index contributed by atoms with van der Waals surface area (Å²) in [5.74, 6) is 0. The molecule has 14 heavy (non-hydrogen) atoms. The molecule has 0 unspecified atom stereocenters. The first-order valence-corrected chi connectivity index (χ1v) is 5.53. The molecule has 1 heterocycles. The van der Waals surface area contributed by atoms with E-state index in [2.05, 4.69) is 40.0 Å². The fraction of sp³-hybridized carbons (Fsp3) is 0.273. The number of benzene rings is 1. The van der Waals surface area contributed by atoms with E-state index in [1.165, 1.54) is 10.9 Å². The Labute approximate surface area is 91.6 Å². The van der Waals surface area contributed by atoms with Crippen molar-refractivity contribution in [3.8, 4) is 0 Å². The minimum Gasteiger partial charge on any atom is -0.361 e. The average Bonchev–Trinajstić information content (AvgIpc) is 2.59. The van der Waals surface area contributed by atoms with E-state index >= 15 is 0 Å². The van der Waals surface area contributed by atoms with Gasteiger partial charge in [0.2, 0.25) is 0 Å². The van der Waals surface area contributed by atoms with Crippen molar-refractivity contribution in [3.63, 3.8) is 0 Å². The normalized spacial score (nSPS) is 13.4. The summed E-state index contributed by atoms with van der Waals surface area (Å²) in [5.41, 5.74) is 8.36. The van der Waals surface area contributed by atoms with E-state index in [1.807, 2.05) is 12.3 Å². The summed E-state index contributed by atoms with van der Waals surface area (Å²) in [4.78, 5) is 3.23. The molecule has 0 saturated carbocycles. The van der Waals surface area contributed by atoms with Gasteiger partial charge in [0.15, 0.2) is 0 Å². The molecular weight excluding hydrogens is 240 g/mol. The van der Waals surface area contributed by atoms with Crippen molar-refractivity contribution in [3.05, 3.63) is 34.4 Å². The zero-order chi connectivity index (χ0) is 10.1. The fourth-order valence-electron chi connectivity index (χ4n) is 1.64. The summed E-state index contributed by atoms with van der Waals surface area (Å²) in [6.45, 7) is 2.10. The molecule has 0 radical (unpaired) electrons. The Morgan fingerprint density at radius 2 is 2.29 bits per heavy atom. The lowest BCUT2D eigenvalue weighted by Crippen LogP contribution is -2.07. The van der Waals surface area contributed by atoms with Gasteiger partial charge in [-0.05, 0) is 30.2 Å². The Morgan fingerprint density at radius 1 is 1.50 bits per heavy atom. The fourth-order valence-corrected chi connectivity index (χ4v) is 2.00. The van der Waals surface area contributed by atoms with Gasteiger partial charge in [0, 0.05) is 27.6 Å². The Morgan fingerprint density at radius 3 is 3.00 bits per heavy atom. The van der Waals surface area contributed by atoms with Gasteiger partial charge in [0.25, 0.3) is 0 Å². The minimum absolute atomic E-state index is 0.123. The molecule has 0 amide bonds. The molecule has 3 N–H and O–H groups in total. The van der Waals surface area contributed by atoms with Crippen LogP contribution in [0.1, 0.15) is 24.9 Å². The van der Waals surface area contributed by atoms with E-state index in [0.717, 1.165) is 16.4 Å². The monoisotopic (exact) mass is 252 g/mol. The van der Waals surface area contributed by atoms with Gasteiger partial charge in [-0.2, -0.15) is 0 Å². The Bertz CT molecular complexity index is 447. The van der Waals surface area contributed by atoms with Crippen LogP contribution in [-0.2, 0) is 0 Å². The molecule has 1 aromatic heterocycles. The number of fused-ring (bicyclic) bond motifs is 1. The highest BCUT2D eigenvalue weighted by Crippen LogP contribution is 2.27. The maximum absolute atomic E-state index is 6.02. The molecule has 1 aromatic carbocycles. The van der Waals surface area contributed by atoms with Crippen LogP contribution < -0.4 is 5.73 Å². The number of halogens is 1. The van der Waals surface area contributed by atoms with Gasteiger partial charge in [-0.1, -0.05) is 22.9 Å². The second kappa shape index (κ2) is 3.75. The second-order valence-electron chi connectivity index (χ2n) is 3.45. The minimum atomic E-state index is 0.123. The zero-order valence-corrected chi connectivity index (χ0v) is 9.64. The molecule has 0 fully saturated rings. The predicted molar refractivity (Wildman–Crippen MR) is 63.2 cm³/mol. The lowest BCUT2D eigenvalue weighted by atomic mass is 10.0. The Balaban J connectivity index is 2.61. The maximum Gasteiger partial charge on any atom is 0.0458 e. The summed E-state index contributed by atoms with van der Waals surface area (Å²) in [7, 11) is 0. The maximum atomic E-state index is 6.02. The molecule has 0 aliphatic heterocycles. The smallest absolute Gasteiger partial charge is 0.0458 e. The van der Waals surface area contributed by atoms with E-state index in [0.29, 0.717) is 0 Å². The number of aromatic nitrogens is 1. The molecule has 74 valence electrons. The largest absolute Gasteiger partial charge is 0.361 e. The topological polar surface area (TPSA) is 41.8 Å². The van der Waals surface area contributed by atoms with E-state index in [-0.39, 0.29) is 6.04 Å². The lowest BCUT2D eigenvalue weighted by Gasteiger charge is -2.06. The first-order chi connectivity index (χ1) is 6.72. The third-order valence-corrected chi connectivity index (χ3v) is 3.01. The van der Waals surface area contributed by atoms with Crippen LogP contribution in [0.25, 0.3) is 10.9 Å². The molecule has 2 aromatic rings. The molecule has 0 saturated heterocycles. The van der Waals surface area contributed by atoms with Crippen molar-refractivity contribution in [2.45, 2.75) is 19.4 Å². The number of H-pyrrole nitrogens is 1. The molecule has 0 aliphatic rings. The number of nitrogens with one attached hydrogen (secondary N) is 1. The van der Waals surface area contributed by atoms with Crippen molar-refractivity contribution in [1.29, 1.82) is 0 Å². The van der Waals surface area contributed by atoms with Gasteiger partial charge in [0.05, 0.1) is 0 Å². The summed E-state index contributed by atoms with van der Waals surface area (Å²) in [6, 6.07) is 6.32. The van der Waals surface area contributed by atoms with E-state index in [9.17, 15) is 0 Å². The van der Waals surface area contributed by atoms with E-state index in [4.69, 9.17) is 5.73 Å². The van der Waals surface area contributed by atoms with Crippen LogP contribution in [0.4, 0.5) is 0 Å². The Hall–Kier alpha value is -0.800. The van der Waals surface area contributed by atoms with Crippen LogP contribution >= 0.6 is 15.9 Å². The molecule has 1 atom stereocenters. The number of hydrogen-bond donors (Lipinski definition) is 2. The number of nitrogens with two attached hydrogens (primary N) is 1. The van der Waals surface area contributed by atoms with Gasteiger partial charge in [-0.25, -0.2) is 0 Å². The van der Waals surface area contributed by atoms with Crippen LogP contribution in [0, 0.1) is 0 Å². The standard InChI is InChI=1S/C11H13BrN2/c1-2-10(13)9-6-14-11-4-3-7(12)5-8(9)11/h3-6,10,14H,2,13H2,1H3/t10-/m1/s1. The highest BCUT2D eigenvalue weighted by atomic mass is 79.9. The van der Waals surface area contributed by atoms with Crippen molar-refractivity contribution in [1.82, 2.24) is 4.98 Å². The summed E-state index contributed by atoms with van der Waals surface area (Å²) in [6.07, 6.45) is 2.96. The second-order valence-corrected chi connectivity index (χ2v) is 4.36. The van der Waals surface area contributed by atoms with Crippen molar-refractivity contribution in [2.75, 3.05) is 0 Å². The molecular formula is C11H13BrN2. The van der Waals surface area contributed by atoms with Crippen molar-refractivity contribution in [2.24, 2.45) is 5.73 Å². The molecule has 3 heteroatoms. The van der Waals surface area contributed by atoms with Crippen molar-refractivity contribution < 1.29 is 0 Å². The third kappa shape index (κ3) is 1.57. The molecule has 0 spiro atoms. The molecule has 0 bridgehead atoms. The molecule has 0 aliphatic carbocycles. The zero-order valence-electron chi connectivity index (χ0n) is 8.05. The van der Waals surface area contributed by atoms with Crippen LogP contribution in [0.15, 0.2) is 28.9 Å². The van der Waals surface area contributed by atoms with Gasteiger partial charge in [0.1, 0.15) is 0 Å². The van der Waals surface area contributed by atoms with Gasteiger partial charge in [-0.15, -0.1) is 0 Å². The quantitative estimate of drug-likeness (QED) is 0.846. The summed E-state index contributed by atoms with van der Waals surface area (Å²) >= 11 is 3.47. The van der Waals surface area contributed by atoms with Crippen LogP contribution in [0.5, 0.6) is 0 Å². The Kier molecular flexibility index (Phi) is 2.61. The first kappa shape index (κ1) is 9.74. The van der Waals surface area contributed by atoms with Gasteiger partial charge < -0.3 is 10.7 Å². The lowest BCUT2D eigenvalue weighted by molar-refractivity contribution is 0.704. The molecule has 2 rings (SSSR count). The summed E-state index contributed by atoms with van der Waals surface area (Å²) < 4.78 is 1.09. The van der Waals surface area contributed by atoms with Crippen LogP contribution in [-0.4, -0.2) is 4.98 Å². The number of rotatable bonds is 2. The van der Waals surface area contributed by atoms with E-state index in [1.54, 1.807) is 0 Å². The third-order valence-electron chi connectivity index (χ3n) is 2.52. The van der Waals surface area contributed by atoms with Crippen LogP contribution in [0.3, 0.4) is 0 Å². The molecule has 2 nitrogen and oxygen atoms in total. The van der Waals surface area contributed by atoms with E-state index < -0.39 is 0 Å². The first-order valence-electron chi connectivity index (χ1n) is 4.74. The van der Waals surface area contributed by atoms with Crippen molar-refractivity contribution >= 4 is 26.8 Å². The average molecular weight is 253 g/mol.